The first kappa shape index (κ1) is 18.2. The van der Waals surface area contributed by atoms with Gasteiger partial charge in [0, 0.05) is 26.2 Å². The van der Waals surface area contributed by atoms with Crippen molar-refractivity contribution in [1.29, 1.82) is 0 Å². The number of hydrogen-bond donors (Lipinski definition) is 1. The second kappa shape index (κ2) is 7.40. The Morgan fingerprint density at radius 2 is 1.76 bits per heavy atom. The van der Waals surface area contributed by atoms with E-state index in [2.05, 4.69) is 0 Å². The van der Waals surface area contributed by atoms with Gasteiger partial charge in [0.15, 0.2) is 0 Å². The SMILES string of the molecule is CCC(C)C(N)C(=O)N1CCN(CC(F)(F)C(F)F)CC1. The molecule has 2 unspecified atom stereocenters. The number of halogens is 4. The number of rotatable bonds is 6. The van der Waals surface area contributed by atoms with Crippen LogP contribution in [0.4, 0.5) is 17.6 Å². The van der Waals surface area contributed by atoms with Crippen LogP contribution in [0.1, 0.15) is 20.3 Å². The van der Waals surface area contributed by atoms with Gasteiger partial charge in [0.25, 0.3) is 0 Å². The van der Waals surface area contributed by atoms with Gasteiger partial charge in [0.2, 0.25) is 5.91 Å². The quantitative estimate of drug-likeness (QED) is 0.754. The Hall–Kier alpha value is -0.890. The van der Waals surface area contributed by atoms with Crippen LogP contribution in [0.15, 0.2) is 0 Å². The average Bonchev–Trinajstić information content (AvgIpc) is 2.45. The molecule has 2 N–H and O–H groups in total. The summed E-state index contributed by atoms with van der Waals surface area (Å²) in [5, 5.41) is 0. The molecule has 0 bridgehead atoms. The van der Waals surface area contributed by atoms with E-state index in [4.69, 9.17) is 5.73 Å². The lowest BCUT2D eigenvalue weighted by Crippen LogP contribution is -2.56. The zero-order chi connectivity index (χ0) is 16.2. The summed E-state index contributed by atoms with van der Waals surface area (Å²) < 4.78 is 50.2. The smallest absolute Gasteiger partial charge is 0.319 e. The minimum atomic E-state index is -4.01. The molecule has 1 rings (SSSR count). The number of nitrogens with zero attached hydrogens (tertiary/aromatic N) is 2. The van der Waals surface area contributed by atoms with E-state index in [1.807, 2.05) is 13.8 Å². The number of amides is 1. The van der Waals surface area contributed by atoms with Gasteiger partial charge in [0.1, 0.15) is 0 Å². The molecule has 124 valence electrons. The molecule has 21 heavy (non-hydrogen) atoms. The van der Waals surface area contributed by atoms with Gasteiger partial charge in [-0.1, -0.05) is 20.3 Å². The van der Waals surface area contributed by atoms with Crippen LogP contribution in [0, 0.1) is 5.92 Å². The Bertz CT molecular complexity index is 346. The van der Waals surface area contributed by atoms with Crippen LogP contribution < -0.4 is 5.73 Å². The first-order valence-corrected chi connectivity index (χ1v) is 7.11. The fourth-order valence-electron chi connectivity index (χ4n) is 2.20. The molecule has 0 radical (unpaired) electrons. The third-order valence-electron chi connectivity index (χ3n) is 3.98. The van der Waals surface area contributed by atoms with Gasteiger partial charge in [-0.2, -0.15) is 8.78 Å². The fraction of sp³-hybridized carbons (Fsp3) is 0.923. The Morgan fingerprint density at radius 3 is 2.19 bits per heavy atom. The molecule has 1 aliphatic heterocycles. The second-order valence-corrected chi connectivity index (χ2v) is 5.57. The second-order valence-electron chi connectivity index (χ2n) is 5.57. The molecule has 1 heterocycles. The van der Waals surface area contributed by atoms with E-state index in [0.717, 1.165) is 6.42 Å². The van der Waals surface area contributed by atoms with Crippen molar-refractivity contribution >= 4 is 5.91 Å². The van der Waals surface area contributed by atoms with E-state index >= 15 is 0 Å². The number of hydrogen-bond acceptors (Lipinski definition) is 3. The maximum absolute atomic E-state index is 13.0. The third kappa shape index (κ3) is 4.81. The van der Waals surface area contributed by atoms with Crippen molar-refractivity contribution in [2.24, 2.45) is 11.7 Å². The van der Waals surface area contributed by atoms with Gasteiger partial charge in [-0.3, -0.25) is 9.69 Å². The molecule has 0 aliphatic carbocycles. The minimum Gasteiger partial charge on any atom is -0.339 e. The molecule has 0 saturated carbocycles. The molecule has 0 aromatic carbocycles. The summed E-state index contributed by atoms with van der Waals surface area (Å²) >= 11 is 0. The Balaban J connectivity index is 2.47. The van der Waals surface area contributed by atoms with Crippen LogP contribution in [0.3, 0.4) is 0 Å². The van der Waals surface area contributed by atoms with Crippen molar-refractivity contribution in [3.05, 3.63) is 0 Å². The highest BCUT2D eigenvalue weighted by Gasteiger charge is 2.43. The van der Waals surface area contributed by atoms with Crippen molar-refractivity contribution in [2.45, 2.75) is 38.7 Å². The molecular weight excluding hydrogens is 290 g/mol. The van der Waals surface area contributed by atoms with Gasteiger partial charge < -0.3 is 10.6 Å². The first-order valence-electron chi connectivity index (χ1n) is 7.11. The summed E-state index contributed by atoms with van der Waals surface area (Å²) in [6.07, 6.45) is -2.90. The zero-order valence-electron chi connectivity index (χ0n) is 12.4. The fourth-order valence-corrected chi connectivity index (χ4v) is 2.20. The van der Waals surface area contributed by atoms with Crippen LogP contribution in [-0.4, -0.2) is 66.8 Å². The highest BCUT2D eigenvalue weighted by Crippen LogP contribution is 2.24. The largest absolute Gasteiger partial charge is 0.339 e. The normalized spacial score (nSPS) is 20.7. The number of carbonyl (C=O) groups excluding carboxylic acids is 1. The predicted octanol–water partition coefficient (Wildman–Crippen LogP) is 1.40. The molecule has 0 spiro atoms. The summed E-state index contributed by atoms with van der Waals surface area (Å²) in [7, 11) is 0. The van der Waals surface area contributed by atoms with Crippen molar-refractivity contribution in [3.63, 3.8) is 0 Å². The van der Waals surface area contributed by atoms with Crippen LogP contribution in [0.25, 0.3) is 0 Å². The highest BCUT2D eigenvalue weighted by molar-refractivity contribution is 5.82. The predicted molar refractivity (Wildman–Crippen MR) is 71.4 cm³/mol. The lowest BCUT2D eigenvalue weighted by Gasteiger charge is -2.37. The molecular formula is C13H23F4N3O. The van der Waals surface area contributed by atoms with Gasteiger partial charge >= 0.3 is 12.3 Å². The Kier molecular flexibility index (Phi) is 6.40. The number of alkyl halides is 4. The van der Waals surface area contributed by atoms with E-state index in [1.165, 1.54) is 9.80 Å². The lowest BCUT2D eigenvalue weighted by atomic mass is 9.98. The lowest BCUT2D eigenvalue weighted by molar-refractivity contribution is -0.149. The Morgan fingerprint density at radius 1 is 1.24 bits per heavy atom. The van der Waals surface area contributed by atoms with Crippen LogP contribution >= 0.6 is 0 Å². The maximum atomic E-state index is 13.0. The molecule has 8 heteroatoms. The number of nitrogens with two attached hydrogens (primary N) is 1. The summed E-state index contributed by atoms with van der Waals surface area (Å²) in [6.45, 7) is 3.61. The molecule has 1 aliphatic rings. The third-order valence-corrected chi connectivity index (χ3v) is 3.98. The molecule has 2 atom stereocenters. The first-order chi connectivity index (χ1) is 9.69. The van der Waals surface area contributed by atoms with E-state index in [1.54, 1.807) is 0 Å². The van der Waals surface area contributed by atoms with Crippen LogP contribution in [-0.2, 0) is 4.79 Å². The van der Waals surface area contributed by atoms with Crippen molar-refractivity contribution < 1.29 is 22.4 Å². The molecule has 1 amide bonds. The topological polar surface area (TPSA) is 49.6 Å². The standard InChI is InChI=1S/C13H23F4N3O/c1-3-9(2)10(18)11(21)20-6-4-19(5-7-20)8-13(16,17)12(14)15/h9-10,12H,3-8,18H2,1-2H3. The Labute approximate surface area is 122 Å². The van der Waals surface area contributed by atoms with Crippen molar-refractivity contribution in [3.8, 4) is 0 Å². The van der Waals surface area contributed by atoms with Crippen molar-refractivity contribution in [1.82, 2.24) is 9.80 Å². The summed E-state index contributed by atoms with van der Waals surface area (Å²) in [5.41, 5.74) is 5.85. The summed E-state index contributed by atoms with van der Waals surface area (Å²) in [6, 6.07) is -0.607. The number of carbonyl (C=O) groups is 1. The molecule has 1 fully saturated rings. The van der Waals surface area contributed by atoms with Gasteiger partial charge in [-0.15, -0.1) is 0 Å². The molecule has 1 saturated heterocycles. The minimum absolute atomic E-state index is 0.0405. The highest BCUT2D eigenvalue weighted by atomic mass is 19.3. The van der Waals surface area contributed by atoms with E-state index in [9.17, 15) is 22.4 Å². The van der Waals surface area contributed by atoms with Crippen LogP contribution in [0.5, 0.6) is 0 Å². The monoisotopic (exact) mass is 313 g/mol. The zero-order valence-corrected chi connectivity index (χ0v) is 12.4. The average molecular weight is 313 g/mol. The number of piperazine rings is 1. The van der Waals surface area contributed by atoms with Crippen LogP contribution in [0.2, 0.25) is 0 Å². The molecule has 0 aromatic heterocycles. The summed E-state index contributed by atoms with van der Waals surface area (Å²) in [4.78, 5) is 14.9. The van der Waals surface area contributed by atoms with E-state index in [-0.39, 0.29) is 38.0 Å². The van der Waals surface area contributed by atoms with E-state index in [0.29, 0.717) is 0 Å². The van der Waals surface area contributed by atoms with Gasteiger partial charge in [-0.25, -0.2) is 8.78 Å². The molecule has 0 aromatic rings. The summed E-state index contributed by atoms with van der Waals surface area (Å²) in [5.74, 6) is -4.18. The van der Waals surface area contributed by atoms with Gasteiger partial charge in [-0.05, 0) is 5.92 Å². The molecule has 4 nitrogen and oxygen atoms in total. The maximum Gasteiger partial charge on any atom is 0.319 e. The van der Waals surface area contributed by atoms with E-state index < -0.39 is 24.9 Å². The van der Waals surface area contributed by atoms with Gasteiger partial charge in [0.05, 0.1) is 12.6 Å². The van der Waals surface area contributed by atoms with Crippen molar-refractivity contribution in [2.75, 3.05) is 32.7 Å².